The number of benzene rings is 1. The van der Waals surface area contributed by atoms with Crippen LogP contribution < -0.4 is 0 Å². The Bertz CT molecular complexity index is 365. The number of rotatable bonds is 4. The highest BCUT2D eigenvalue weighted by Crippen LogP contribution is 2.15. The van der Waals surface area contributed by atoms with E-state index < -0.39 is 12.1 Å². The summed E-state index contributed by atoms with van der Waals surface area (Å²) >= 11 is 0. The Kier molecular flexibility index (Phi) is 4.43. The summed E-state index contributed by atoms with van der Waals surface area (Å²) in [5, 5.41) is 9.54. The average Bonchev–Trinajstić information content (AvgIpc) is 2.30. The Hall–Kier alpha value is -1.42. The van der Waals surface area contributed by atoms with E-state index in [1.807, 2.05) is 0 Å². The third kappa shape index (κ3) is 3.03. The number of hydrogen-bond donors (Lipinski definition) is 1. The van der Waals surface area contributed by atoms with Crippen LogP contribution in [-0.2, 0) is 16.0 Å². The SMILES string of the molecule is COC(=O)C(O)C(C)Cc1ccccc1F. The van der Waals surface area contributed by atoms with Gasteiger partial charge in [-0.3, -0.25) is 0 Å². The van der Waals surface area contributed by atoms with Crippen LogP contribution in [0, 0.1) is 11.7 Å². The van der Waals surface area contributed by atoms with Gasteiger partial charge >= 0.3 is 5.97 Å². The zero-order valence-electron chi connectivity index (χ0n) is 9.31. The van der Waals surface area contributed by atoms with Gasteiger partial charge in [0.05, 0.1) is 7.11 Å². The van der Waals surface area contributed by atoms with Gasteiger partial charge in [-0.15, -0.1) is 0 Å². The molecule has 16 heavy (non-hydrogen) atoms. The van der Waals surface area contributed by atoms with Crippen molar-refractivity contribution in [1.82, 2.24) is 0 Å². The number of aliphatic hydroxyl groups is 1. The van der Waals surface area contributed by atoms with Gasteiger partial charge in [-0.1, -0.05) is 25.1 Å². The molecule has 0 aliphatic heterocycles. The van der Waals surface area contributed by atoms with E-state index in [0.717, 1.165) is 0 Å². The molecule has 88 valence electrons. The lowest BCUT2D eigenvalue weighted by molar-refractivity contribution is -0.153. The van der Waals surface area contributed by atoms with Crippen molar-refractivity contribution in [3.05, 3.63) is 35.6 Å². The van der Waals surface area contributed by atoms with Crippen LogP contribution in [0.15, 0.2) is 24.3 Å². The maximum Gasteiger partial charge on any atom is 0.334 e. The second kappa shape index (κ2) is 5.61. The fourth-order valence-corrected chi connectivity index (χ4v) is 1.48. The number of carbonyl (C=O) groups is 1. The molecular weight excluding hydrogens is 211 g/mol. The molecule has 1 aromatic carbocycles. The molecule has 1 rings (SSSR count). The first-order valence-electron chi connectivity index (χ1n) is 5.05. The molecule has 0 radical (unpaired) electrons. The third-order valence-electron chi connectivity index (χ3n) is 2.48. The topological polar surface area (TPSA) is 46.5 Å². The van der Waals surface area contributed by atoms with Crippen molar-refractivity contribution in [3.8, 4) is 0 Å². The number of halogens is 1. The summed E-state index contributed by atoms with van der Waals surface area (Å²) in [5.41, 5.74) is 0.484. The lowest BCUT2D eigenvalue weighted by Crippen LogP contribution is -2.30. The van der Waals surface area contributed by atoms with E-state index in [-0.39, 0.29) is 11.7 Å². The van der Waals surface area contributed by atoms with E-state index in [1.54, 1.807) is 25.1 Å². The zero-order chi connectivity index (χ0) is 12.1. The summed E-state index contributed by atoms with van der Waals surface area (Å²) in [4.78, 5) is 11.1. The molecule has 2 atom stereocenters. The molecular formula is C12H15FO3. The maximum atomic E-state index is 13.3. The molecule has 3 nitrogen and oxygen atoms in total. The van der Waals surface area contributed by atoms with E-state index in [1.165, 1.54) is 13.2 Å². The molecule has 0 saturated carbocycles. The molecule has 0 saturated heterocycles. The van der Waals surface area contributed by atoms with E-state index in [4.69, 9.17) is 0 Å². The predicted molar refractivity (Wildman–Crippen MR) is 57.3 cm³/mol. The number of carbonyl (C=O) groups excluding carboxylic acids is 1. The van der Waals surface area contributed by atoms with Gasteiger partial charge in [0.25, 0.3) is 0 Å². The van der Waals surface area contributed by atoms with Crippen LogP contribution in [0.4, 0.5) is 4.39 Å². The van der Waals surface area contributed by atoms with E-state index in [9.17, 15) is 14.3 Å². The molecule has 1 N–H and O–H groups in total. The fraction of sp³-hybridized carbons (Fsp3) is 0.417. The Morgan fingerprint density at radius 2 is 2.12 bits per heavy atom. The first-order valence-corrected chi connectivity index (χ1v) is 5.05. The molecule has 0 aliphatic rings. The minimum atomic E-state index is -1.22. The van der Waals surface area contributed by atoms with E-state index >= 15 is 0 Å². The average molecular weight is 226 g/mol. The lowest BCUT2D eigenvalue weighted by atomic mass is 9.95. The molecule has 4 heteroatoms. The summed E-state index contributed by atoms with van der Waals surface area (Å²) < 4.78 is 17.7. The highest BCUT2D eigenvalue weighted by atomic mass is 19.1. The molecule has 0 amide bonds. The number of ether oxygens (including phenoxy) is 1. The first-order chi connectivity index (χ1) is 7.56. The molecule has 0 spiro atoms. The molecule has 2 unspecified atom stereocenters. The highest BCUT2D eigenvalue weighted by Gasteiger charge is 2.23. The van der Waals surface area contributed by atoms with Crippen molar-refractivity contribution in [2.75, 3.05) is 7.11 Å². The van der Waals surface area contributed by atoms with Gasteiger partial charge in [0, 0.05) is 0 Å². The van der Waals surface area contributed by atoms with Gasteiger partial charge < -0.3 is 9.84 Å². The van der Waals surface area contributed by atoms with Crippen LogP contribution in [0.2, 0.25) is 0 Å². The van der Waals surface area contributed by atoms with E-state index in [0.29, 0.717) is 12.0 Å². The largest absolute Gasteiger partial charge is 0.467 e. The van der Waals surface area contributed by atoms with Crippen molar-refractivity contribution in [1.29, 1.82) is 0 Å². The Balaban J connectivity index is 2.68. The summed E-state index contributed by atoms with van der Waals surface area (Å²) in [6, 6.07) is 6.30. The molecule has 0 heterocycles. The molecule has 0 aromatic heterocycles. The molecule has 1 aromatic rings. The van der Waals surface area contributed by atoms with Crippen LogP contribution in [0.1, 0.15) is 12.5 Å². The molecule has 0 fully saturated rings. The predicted octanol–water partition coefficient (Wildman–Crippen LogP) is 1.54. The summed E-state index contributed by atoms with van der Waals surface area (Å²) in [6.45, 7) is 1.67. The Labute approximate surface area is 93.9 Å². The van der Waals surface area contributed by atoms with Crippen LogP contribution in [0.5, 0.6) is 0 Å². The number of aliphatic hydroxyl groups excluding tert-OH is 1. The molecule has 0 bridgehead atoms. The molecule has 0 aliphatic carbocycles. The standard InChI is InChI=1S/C12H15FO3/c1-8(11(14)12(15)16-2)7-9-5-3-4-6-10(9)13/h3-6,8,11,14H,7H2,1-2H3. The minimum absolute atomic E-state index is 0.295. The normalized spacial score (nSPS) is 14.2. The van der Waals surface area contributed by atoms with Crippen molar-refractivity contribution < 1.29 is 19.0 Å². The van der Waals surface area contributed by atoms with Crippen molar-refractivity contribution in [3.63, 3.8) is 0 Å². The van der Waals surface area contributed by atoms with Crippen LogP contribution in [0.3, 0.4) is 0 Å². The summed E-state index contributed by atoms with van der Waals surface area (Å²) in [6.07, 6.45) is -0.923. The van der Waals surface area contributed by atoms with Gasteiger partial charge in [0.2, 0.25) is 0 Å². The van der Waals surface area contributed by atoms with Crippen LogP contribution in [0.25, 0.3) is 0 Å². The third-order valence-corrected chi connectivity index (χ3v) is 2.48. The maximum absolute atomic E-state index is 13.3. The first kappa shape index (κ1) is 12.6. The Morgan fingerprint density at radius 3 is 2.69 bits per heavy atom. The van der Waals surface area contributed by atoms with Crippen molar-refractivity contribution in [2.24, 2.45) is 5.92 Å². The number of hydrogen-bond acceptors (Lipinski definition) is 3. The van der Waals surface area contributed by atoms with Gasteiger partial charge in [-0.2, -0.15) is 0 Å². The highest BCUT2D eigenvalue weighted by molar-refractivity contribution is 5.74. The van der Waals surface area contributed by atoms with Crippen molar-refractivity contribution in [2.45, 2.75) is 19.4 Å². The number of methoxy groups -OCH3 is 1. The zero-order valence-corrected chi connectivity index (χ0v) is 9.31. The van der Waals surface area contributed by atoms with Gasteiger partial charge in [-0.25, -0.2) is 9.18 Å². The van der Waals surface area contributed by atoms with E-state index in [2.05, 4.69) is 4.74 Å². The fourth-order valence-electron chi connectivity index (χ4n) is 1.48. The van der Waals surface area contributed by atoms with Gasteiger partial charge in [0.1, 0.15) is 5.82 Å². The van der Waals surface area contributed by atoms with Crippen molar-refractivity contribution >= 4 is 5.97 Å². The second-order valence-electron chi connectivity index (χ2n) is 3.74. The van der Waals surface area contributed by atoms with Crippen LogP contribution in [-0.4, -0.2) is 24.3 Å². The van der Waals surface area contributed by atoms with Gasteiger partial charge in [0.15, 0.2) is 6.10 Å². The number of esters is 1. The second-order valence-corrected chi connectivity index (χ2v) is 3.74. The van der Waals surface area contributed by atoms with Gasteiger partial charge in [-0.05, 0) is 24.0 Å². The summed E-state index contributed by atoms with van der Waals surface area (Å²) in [7, 11) is 1.21. The monoisotopic (exact) mass is 226 g/mol. The summed E-state index contributed by atoms with van der Waals surface area (Å²) in [5.74, 6) is -1.40. The minimum Gasteiger partial charge on any atom is -0.467 e. The lowest BCUT2D eigenvalue weighted by Gasteiger charge is -2.16. The Morgan fingerprint density at radius 1 is 1.50 bits per heavy atom. The smallest absolute Gasteiger partial charge is 0.334 e. The quantitative estimate of drug-likeness (QED) is 0.792. The van der Waals surface area contributed by atoms with Crippen LogP contribution >= 0.6 is 0 Å².